The molecule has 0 saturated heterocycles. The van der Waals surface area contributed by atoms with Crippen molar-refractivity contribution in [2.75, 3.05) is 0 Å². The van der Waals surface area contributed by atoms with E-state index in [-0.39, 0.29) is 18.4 Å². The lowest BCUT2D eigenvalue weighted by Gasteiger charge is -2.10. The van der Waals surface area contributed by atoms with Gasteiger partial charge in [0.05, 0.1) is 23.9 Å². The number of nitriles is 1. The van der Waals surface area contributed by atoms with E-state index in [1.54, 1.807) is 0 Å². The highest BCUT2D eigenvalue weighted by atomic mass is 35.5. The first-order chi connectivity index (χ1) is 10.8. The van der Waals surface area contributed by atoms with E-state index in [1.807, 2.05) is 42.6 Å². The molecule has 0 fully saturated rings. The number of hydrogen-bond acceptors (Lipinski definition) is 3. The van der Waals surface area contributed by atoms with Gasteiger partial charge >= 0.3 is 0 Å². The van der Waals surface area contributed by atoms with E-state index >= 15 is 0 Å². The van der Waals surface area contributed by atoms with Gasteiger partial charge in [0.1, 0.15) is 0 Å². The summed E-state index contributed by atoms with van der Waals surface area (Å²) in [7, 11) is 0. The molecule has 4 nitrogen and oxygen atoms in total. The van der Waals surface area contributed by atoms with Crippen molar-refractivity contribution in [3.05, 3.63) is 65.1 Å². The molecule has 4 rings (SSSR count). The van der Waals surface area contributed by atoms with Gasteiger partial charge in [-0.1, -0.05) is 6.07 Å². The van der Waals surface area contributed by atoms with Crippen molar-refractivity contribution in [3.8, 4) is 6.07 Å². The van der Waals surface area contributed by atoms with Crippen LogP contribution in [0.1, 0.15) is 22.5 Å². The van der Waals surface area contributed by atoms with E-state index in [4.69, 9.17) is 11.0 Å². The second-order valence-corrected chi connectivity index (χ2v) is 5.84. The molecular weight excluding hydrogens is 308 g/mol. The summed E-state index contributed by atoms with van der Waals surface area (Å²) in [5.41, 5.74) is 11.7. The lowest BCUT2D eigenvalue weighted by Crippen LogP contribution is -2.20. The summed E-state index contributed by atoms with van der Waals surface area (Å²) in [6.07, 6.45) is 3.59. The molecule has 0 saturated carbocycles. The fraction of sp³-hybridized carbons (Fsp3) is 0.222. The summed E-state index contributed by atoms with van der Waals surface area (Å²) < 4.78 is 2.31. The summed E-state index contributed by atoms with van der Waals surface area (Å²) >= 11 is 0. The molecular formula is C18H17ClN4. The van der Waals surface area contributed by atoms with Crippen LogP contribution < -0.4 is 5.73 Å². The van der Waals surface area contributed by atoms with Crippen molar-refractivity contribution in [1.29, 1.82) is 5.26 Å². The van der Waals surface area contributed by atoms with Gasteiger partial charge in [-0.2, -0.15) is 5.26 Å². The topological polar surface area (TPSA) is 67.6 Å². The van der Waals surface area contributed by atoms with Crippen molar-refractivity contribution in [3.63, 3.8) is 0 Å². The van der Waals surface area contributed by atoms with Crippen LogP contribution in [0.2, 0.25) is 0 Å². The Kier molecular flexibility index (Phi) is 4.08. The molecule has 1 atom stereocenters. The van der Waals surface area contributed by atoms with Gasteiger partial charge in [-0.3, -0.25) is 4.98 Å². The Morgan fingerprint density at radius 3 is 2.87 bits per heavy atom. The average Bonchev–Trinajstić information content (AvgIpc) is 3.05. The van der Waals surface area contributed by atoms with E-state index in [1.165, 1.54) is 16.8 Å². The maximum Gasteiger partial charge on any atom is 0.0991 e. The van der Waals surface area contributed by atoms with Crippen LogP contribution in [0.5, 0.6) is 0 Å². The number of nitrogens with two attached hydrogens (primary N) is 1. The van der Waals surface area contributed by atoms with Gasteiger partial charge in [0.25, 0.3) is 0 Å². The van der Waals surface area contributed by atoms with Crippen LogP contribution in [0.4, 0.5) is 0 Å². The molecule has 116 valence electrons. The predicted molar refractivity (Wildman–Crippen MR) is 92.6 cm³/mol. The summed E-state index contributed by atoms with van der Waals surface area (Å²) in [5, 5.41) is 10.3. The predicted octanol–water partition coefficient (Wildman–Crippen LogP) is 2.80. The summed E-state index contributed by atoms with van der Waals surface area (Å²) in [6, 6.07) is 14.3. The van der Waals surface area contributed by atoms with E-state index in [2.05, 4.69) is 15.6 Å². The third-order valence-electron chi connectivity index (χ3n) is 4.38. The van der Waals surface area contributed by atoms with Crippen molar-refractivity contribution < 1.29 is 0 Å². The average molecular weight is 325 g/mol. The van der Waals surface area contributed by atoms with Gasteiger partial charge in [-0.15, -0.1) is 12.4 Å². The van der Waals surface area contributed by atoms with Gasteiger partial charge in [-0.25, -0.2) is 0 Å². The normalized spacial score (nSPS) is 15.9. The zero-order valence-corrected chi connectivity index (χ0v) is 13.4. The highest BCUT2D eigenvalue weighted by molar-refractivity contribution is 5.87. The third-order valence-corrected chi connectivity index (χ3v) is 4.38. The minimum Gasteiger partial charge on any atom is -0.338 e. The number of hydrogen-bond donors (Lipinski definition) is 1. The van der Waals surface area contributed by atoms with Gasteiger partial charge in [0.15, 0.2) is 0 Å². The van der Waals surface area contributed by atoms with Gasteiger partial charge in [0.2, 0.25) is 0 Å². The molecule has 0 unspecified atom stereocenters. The van der Waals surface area contributed by atoms with E-state index < -0.39 is 0 Å². The summed E-state index contributed by atoms with van der Waals surface area (Å²) in [6.45, 7) is 0.741. The zero-order chi connectivity index (χ0) is 15.1. The largest absolute Gasteiger partial charge is 0.338 e. The number of halogens is 1. The molecule has 1 aliphatic rings. The third kappa shape index (κ3) is 2.59. The maximum absolute atomic E-state index is 9.15. The van der Waals surface area contributed by atoms with Crippen LogP contribution in [0.3, 0.4) is 0 Å². The molecule has 3 aromatic rings. The Balaban J connectivity index is 0.00000156. The zero-order valence-electron chi connectivity index (χ0n) is 12.6. The van der Waals surface area contributed by atoms with Gasteiger partial charge in [0, 0.05) is 35.3 Å². The van der Waals surface area contributed by atoms with E-state index in [0.29, 0.717) is 5.56 Å². The van der Waals surface area contributed by atoms with Crippen molar-refractivity contribution in [2.45, 2.75) is 25.4 Å². The molecule has 0 bridgehead atoms. The Hall–Kier alpha value is -2.35. The quantitative estimate of drug-likeness (QED) is 0.788. The van der Waals surface area contributed by atoms with E-state index in [0.717, 1.165) is 30.5 Å². The molecule has 23 heavy (non-hydrogen) atoms. The molecule has 2 aromatic heterocycles. The Labute approximate surface area is 141 Å². The molecule has 0 spiro atoms. The number of aromatic nitrogens is 2. The van der Waals surface area contributed by atoms with Crippen LogP contribution in [0, 0.1) is 11.3 Å². The lowest BCUT2D eigenvalue weighted by molar-refractivity contribution is 0.683. The number of fused-ring (bicyclic) bond motifs is 3. The number of pyridine rings is 1. The lowest BCUT2D eigenvalue weighted by atomic mass is 10.1. The highest BCUT2D eigenvalue weighted by Gasteiger charge is 2.26. The number of benzene rings is 1. The van der Waals surface area contributed by atoms with E-state index in [9.17, 15) is 0 Å². The molecule has 0 amide bonds. The van der Waals surface area contributed by atoms with Crippen LogP contribution in [-0.4, -0.2) is 15.6 Å². The molecule has 0 radical (unpaired) electrons. The standard InChI is InChI=1S/C18H16N4.ClH/c19-10-12-4-5-17-15(7-12)16-8-13(20)9-18(16)22(17)11-14-3-1-2-6-21-14;/h1-7,13H,8-9,11,20H2;1H/t13-;/m0./s1. The first-order valence-electron chi connectivity index (χ1n) is 7.46. The Morgan fingerprint density at radius 1 is 1.26 bits per heavy atom. The van der Waals surface area contributed by atoms with Crippen LogP contribution in [-0.2, 0) is 19.4 Å². The summed E-state index contributed by atoms with van der Waals surface area (Å²) in [5.74, 6) is 0. The van der Waals surface area contributed by atoms with Crippen LogP contribution >= 0.6 is 12.4 Å². The molecule has 5 heteroatoms. The Morgan fingerprint density at radius 2 is 2.13 bits per heavy atom. The fourth-order valence-electron chi connectivity index (χ4n) is 3.42. The number of rotatable bonds is 2. The second-order valence-electron chi connectivity index (χ2n) is 5.84. The fourth-order valence-corrected chi connectivity index (χ4v) is 3.42. The SMILES string of the molecule is Cl.N#Cc1ccc2c(c1)c1c(n2Cc2ccccn2)C[C@@H](N)C1. The van der Waals surface area contributed by atoms with Gasteiger partial charge < -0.3 is 10.3 Å². The molecule has 0 aliphatic heterocycles. The first-order valence-corrected chi connectivity index (χ1v) is 7.46. The Bertz CT molecular complexity index is 893. The monoisotopic (exact) mass is 324 g/mol. The number of nitrogens with zero attached hydrogens (tertiary/aromatic N) is 3. The second kappa shape index (κ2) is 6.04. The smallest absolute Gasteiger partial charge is 0.0991 e. The van der Waals surface area contributed by atoms with Crippen molar-refractivity contribution in [1.82, 2.24) is 9.55 Å². The van der Waals surface area contributed by atoms with Crippen molar-refractivity contribution in [2.24, 2.45) is 5.73 Å². The maximum atomic E-state index is 9.15. The minimum atomic E-state index is 0. The molecule has 2 heterocycles. The van der Waals surface area contributed by atoms with Gasteiger partial charge in [-0.05, 0) is 42.3 Å². The highest BCUT2D eigenvalue weighted by Crippen LogP contribution is 2.33. The van der Waals surface area contributed by atoms with Crippen molar-refractivity contribution >= 4 is 23.3 Å². The summed E-state index contributed by atoms with van der Waals surface area (Å²) in [4.78, 5) is 4.43. The minimum absolute atomic E-state index is 0. The van der Waals surface area contributed by atoms with Crippen LogP contribution in [0.15, 0.2) is 42.6 Å². The molecule has 1 aliphatic carbocycles. The van der Waals surface area contributed by atoms with Crippen LogP contribution in [0.25, 0.3) is 10.9 Å². The molecule has 2 N–H and O–H groups in total. The first kappa shape index (κ1) is 15.5. The molecule has 1 aromatic carbocycles.